The number of ether oxygens (including phenoxy) is 1. The lowest BCUT2D eigenvalue weighted by Crippen LogP contribution is -2.47. The van der Waals surface area contributed by atoms with Crippen molar-refractivity contribution < 1.29 is 4.74 Å². The molecule has 0 aliphatic heterocycles. The molecule has 1 aliphatic rings. The summed E-state index contributed by atoms with van der Waals surface area (Å²) >= 11 is 0. The van der Waals surface area contributed by atoms with Gasteiger partial charge in [0.25, 0.3) is 0 Å². The Labute approximate surface area is 108 Å². The molecule has 0 spiro atoms. The monoisotopic (exact) mass is 241 g/mol. The molecule has 1 aliphatic carbocycles. The van der Waals surface area contributed by atoms with Crippen LogP contribution in [-0.2, 0) is 4.74 Å². The molecule has 3 atom stereocenters. The predicted molar refractivity (Wildman–Crippen MR) is 74.3 cm³/mol. The average molecular weight is 241 g/mol. The molecule has 102 valence electrons. The summed E-state index contributed by atoms with van der Waals surface area (Å²) in [4.78, 5) is 0. The molecular weight excluding hydrogens is 210 g/mol. The van der Waals surface area contributed by atoms with E-state index >= 15 is 0 Å². The summed E-state index contributed by atoms with van der Waals surface area (Å²) in [6, 6.07) is 0. The minimum Gasteiger partial charge on any atom is -0.371 e. The minimum atomic E-state index is 0.0979. The van der Waals surface area contributed by atoms with E-state index in [1.165, 1.54) is 32.1 Å². The molecule has 0 amide bonds. The third-order valence-corrected chi connectivity index (χ3v) is 3.80. The second-order valence-corrected chi connectivity index (χ2v) is 6.47. The van der Waals surface area contributed by atoms with Crippen LogP contribution < -0.4 is 5.32 Å². The first kappa shape index (κ1) is 15.0. The smallest absolute Gasteiger partial charge is 0.0812 e. The normalized spacial score (nSPS) is 31.8. The van der Waals surface area contributed by atoms with E-state index in [2.05, 4.69) is 33.0 Å². The van der Waals surface area contributed by atoms with Crippen LogP contribution in [0.15, 0.2) is 0 Å². The SMILES string of the molecule is CNCC1(OC(C)CC(C)C)CCCC(C)C1. The lowest BCUT2D eigenvalue weighted by atomic mass is 9.78. The highest BCUT2D eigenvalue weighted by atomic mass is 16.5. The minimum absolute atomic E-state index is 0.0979. The number of nitrogens with one attached hydrogen (secondary N) is 1. The molecule has 0 saturated heterocycles. The van der Waals surface area contributed by atoms with Crippen LogP contribution in [0.5, 0.6) is 0 Å². The van der Waals surface area contributed by atoms with Crippen molar-refractivity contribution >= 4 is 0 Å². The number of rotatable bonds is 6. The molecule has 1 rings (SSSR count). The van der Waals surface area contributed by atoms with Gasteiger partial charge in [0.2, 0.25) is 0 Å². The number of likely N-dealkylation sites (N-methyl/N-ethyl adjacent to an activating group) is 1. The Morgan fingerprint density at radius 3 is 2.59 bits per heavy atom. The lowest BCUT2D eigenvalue weighted by Gasteiger charge is -2.42. The van der Waals surface area contributed by atoms with Gasteiger partial charge in [0.15, 0.2) is 0 Å². The third-order valence-electron chi connectivity index (χ3n) is 3.80. The molecule has 0 bridgehead atoms. The van der Waals surface area contributed by atoms with Crippen molar-refractivity contribution in [1.82, 2.24) is 5.32 Å². The van der Waals surface area contributed by atoms with Crippen LogP contribution in [-0.4, -0.2) is 25.3 Å². The van der Waals surface area contributed by atoms with E-state index < -0.39 is 0 Å². The zero-order valence-electron chi connectivity index (χ0n) is 12.4. The summed E-state index contributed by atoms with van der Waals surface area (Å²) in [7, 11) is 2.04. The molecule has 0 heterocycles. The molecule has 3 unspecified atom stereocenters. The fourth-order valence-electron chi connectivity index (χ4n) is 3.38. The Balaban J connectivity index is 2.57. The summed E-state index contributed by atoms with van der Waals surface area (Å²) in [5.41, 5.74) is 0.0979. The van der Waals surface area contributed by atoms with Gasteiger partial charge in [-0.05, 0) is 45.1 Å². The zero-order valence-corrected chi connectivity index (χ0v) is 12.4. The van der Waals surface area contributed by atoms with Gasteiger partial charge in [0.05, 0.1) is 11.7 Å². The Morgan fingerprint density at radius 1 is 1.35 bits per heavy atom. The topological polar surface area (TPSA) is 21.3 Å². The Morgan fingerprint density at radius 2 is 2.06 bits per heavy atom. The van der Waals surface area contributed by atoms with Crippen LogP contribution in [0.4, 0.5) is 0 Å². The van der Waals surface area contributed by atoms with Gasteiger partial charge in [-0.1, -0.05) is 33.6 Å². The standard InChI is InChI=1S/C15H31NO/c1-12(2)9-14(4)17-15(11-16-5)8-6-7-13(3)10-15/h12-14,16H,6-11H2,1-5H3. The van der Waals surface area contributed by atoms with E-state index in [9.17, 15) is 0 Å². The van der Waals surface area contributed by atoms with Crippen LogP contribution >= 0.6 is 0 Å². The van der Waals surface area contributed by atoms with Gasteiger partial charge >= 0.3 is 0 Å². The molecule has 17 heavy (non-hydrogen) atoms. The van der Waals surface area contributed by atoms with Gasteiger partial charge in [0.1, 0.15) is 0 Å². The summed E-state index contributed by atoms with van der Waals surface area (Å²) in [6.07, 6.45) is 6.68. The van der Waals surface area contributed by atoms with Crippen molar-refractivity contribution in [3.05, 3.63) is 0 Å². The third kappa shape index (κ3) is 4.97. The van der Waals surface area contributed by atoms with Crippen molar-refractivity contribution in [2.45, 2.75) is 71.5 Å². The van der Waals surface area contributed by atoms with E-state index in [1.807, 2.05) is 7.05 Å². The molecule has 0 aromatic rings. The van der Waals surface area contributed by atoms with Gasteiger partial charge < -0.3 is 10.1 Å². The fourth-order valence-corrected chi connectivity index (χ4v) is 3.38. The van der Waals surface area contributed by atoms with Crippen molar-refractivity contribution in [2.75, 3.05) is 13.6 Å². The molecular formula is C15H31NO. The quantitative estimate of drug-likeness (QED) is 0.767. The maximum atomic E-state index is 6.44. The lowest BCUT2D eigenvalue weighted by molar-refractivity contribution is -0.118. The number of hydrogen-bond donors (Lipinski definition) is 1. The first-order chi connectivity index (χ1) is 7.97. The molecule has 0 aromatic heterocycles. The van der Waals surface area contributed by atoms with E-state index in [0.29, 0.717) is 6.10 Å². The van der Waals surface area contributed by atoms with Gasteiger partial charge in [-0.15, -0.1) is 0 Å². The van der Waals surface area contributed by atoms with Crippen LogP contribution in [0.25, 0.3) is 0 Å². The Bertz CT molecular complexity index is 213. The van der Waals surface area contributed by atoms with Crippen LogP contribution in [0, 0.1) is 11.8 Å². The molecule has 1 saturated carbocycles. The Hall–Kier alpha value is -0.0800. The highest BCUT2D eigenvalue weighted by molar-refractivity contribution is 4.89. The molecule has 2 nitrogen and oxygen atoms in total. The van der Waals surface area contributed by atoms with Gasteiger partial charge in [-0.3, -0.25) is 0 Å². The van der Waals surface area contributed by atoms with Gasteiger partial charge in [-0.25, -0.2) is 0 Å². The molecule has 1 fully saturated rings. The molecule has 1 N–H and O–H groups in total. The summed E-state index contributed by atoms with van der Waals surface area (Å²) < 4.78 is 6.44. The van der Waals surface area contributed by atoms with Gasteiger partial charge in [0, 0.05) is 6.54 Å². The van der Waals surface area contributed by atoms with E-state index in [4.69, 9.17) is 4.74 Å². The molecule has 0 radical (unpaired) electrons. The summed E-state index contributed by atoms with van der Waals surface area (Å²) in [5.74, 6) is 1.53. The van der Waals surface area contributed by atoms with E-state index in [-0.39, 0.29) is 5.60 Å². The van der Waals surface area contributed by atoms with E-state index in [0.717, 1.165) is 18.4 Å². The highest BCUT2D eigenvalue weighted by Gasteiger charge is 2.36. The van der Waals surface area contributed by atoms with Crippen molar-refractivity contribution in [2.24, 2.45) is 11.8 Å². The van der Waals surface area contributed by atoms with Gasteiger partial charge in [-0.2, -0.15) is 0 Å². The van der Waals surface area contributed by atoms with E-state index in [1.54, 1.807) is 0 Å². The second kappa shape index (κ2) is 6.75. The first-order valence-corrected chi connectivity index (χ1v) is 7.30. The average Bonchev–Trinajstić information content (AvgIpc) is 2.15. The molecule has 2 heteroatoms. The van der Waals surface area contributed by atoms with Crippen molar-refractivity contribution in [1.29, 1.82) is 0 Å². The largest absolute Gasteiger partial charge is 0.371 e. The van der Waals surface area contributed by atoms with Crippen LogP contribution in [0.3, 0.4) is 0 Å². The fraction of sp³-hybridized carbons (Fsp3) is 1.00. The Kier molecular flexibility index (Phi) is 5.94. The van der Waals surface area contributed by atoms with Crippen LogP contribution in [0.1, 0.15) is 59.8 Å². The first-order valence-electron chi connectivity index (χ1n) is 7.30. The summed E-state index contributed by atoms with van der Waals surface area (Å²) in [6.45, 7) is 10.1. The summed E-state index contributed by atoms with van der Waals surface area (Å²) in [5, 5.41) is 3.33. The maximum Gasteiger partial charge on any atom is 0.0812 e. The highest BCUT2D eigenvalue weighted by Crippen LogP contribution is 2.36. The molecule has 0 aromatic carbocycles. The van der Waals surface area contributed by atoms with Crippen molar-refractivity contribution in [3.63, 3.8) is 0 Å². The predicted octanol–water partition coefficient (Wildman–Crippen LogP) is 3.61. The van der Waals surface area contributed by atoms with Crippen LogP contribution in [0.2, 0.25) is 0 Å². The number of hydrogen-bond acceptors (Lipinski definition) is 2. The van der Waals surface area contributed by atoms with Crippen molar-refractivity contribution in [3.8, 4) is 0 Å². The maximum absolute atomic E-state index is 6.44. The zero-order chi connectivity index (χ0) is 12.9. The second-order valence-electron chi connectivity index (χ2n) is 6.47.